The third kappa shape index (κ3) is 3.76. The molecule has 3 aromatic rings. The molecule has 1 unspecified atom stereocenters. The van der Waals surface area contributed by atoms with Crippen LogP contribution in [0.15, 0.2) is 54.9 Å². The maximum Gasteiger partial charge on any atom is 0.251 e. The maximum atomic E-state index is 12.3. The Morgan fingerprint density at radius 1 is 1.22 bits per heavy atom. The molecular weight excluding hydrogens is 342 g/mol. The van der Waals surface area contributed by atoms with Crippen LogP contribution >= 0.6 is 0 Å². The van der Waals surface area contributed by atoms with Crippen molar-refractivity contribution in [3.05, 3.63) is 60.4 Å². The van der Waals surface area contributed by atoms with E-state index in [1.165, 1.54) is 0 Å². The van der Waals surface area contributed by atoms with Gasteiger partial charge in [-0.05, 0) is 48.4 Å². The third-order valence-electron chi connectivity index (χ3n) is 4.76. The van der Waals surface area contributed by atoms with Gasteiger partial charge in [0.05, 0.1) is 12.8 Å². The highest BCUT2D eigenvalue weighted by Crippen LogP contribution is 2.26. The fraction of sp³-hybridized carbons (Fsp3) is 0.250. The summed E-state index contributed by atoms with van der Waals surface area (Å²) < 4.78 is 5.19. The molecule has 0 aliphatic carbocycles. The summed E-state index contributed by atoms with van der Waals surface area (Å²) in [5, 5.41) is 10.6. The summed E-state index contributed by atoms with van der Waals surface area (Å²) in [5.74, 6) is 1.65. The van der Waals surface area contributed by atoms with E-state index in [1.807, 2.05) is 30.3 Å². The number of pyridine rings is 1. The number of ether oxygens (including phenoxy) is 1. The molecule has 2 aromatic heterocycles. The first-order valence-corrected chi connectivity index (χ1v) is 8.88. The predicted molar refractivity (Wildman–Crippen MR) is 103 cm³/mol. The van der Waals surface area contributed by atoms with E-state index in [2.05, 4.69) is 25.4 Å². The molecule has 2 N–H and O–H groups in total. The second-order valence-electron chi connectivity index (χ2n) is 6.51. The van der Waals surface area contributed by atoms with Crippen molar-refractivity contribution < 1.29 is 9.53 Å². The highest BCUT2D eigenvalue weighted by Gasteiger charge is 2.26. The molecule has 1 fully saturated rings. The summed E-state index contributed by atoms with van der Waals surface area (Å²) in [6, 6.07) is 13.4. The van der Waals surface area contributed by atoms with Crippen molar-refractivity contribution in [2.24, 2.45) is 0 Å². The van der Waals surface area contributed by atoms with Crippen LogP contribution in [0, 0.1) is 0 Å². The second-order valence-corrected chi connectivity index (χ2v) is 6.51. The lowest BCUT2D eigenvalue weighted by molar-refractivity contribution is 0.0940. The minimum atomic E-state index is -0.0646. The number of nitrogens with one attached hydrogen (secondary N) is 2. The molecule has 7 heteroatoms. The molecule has 3 heterocycles. The molecule has 27 heavy (non-hydrogen) atoms. The van der Waals surface area contributed by atoms with Gasteiger partial charge in [-0.25, -0.2) is 0 Å². The Kier molecular flexibility index (Phi) is 4.74. The zero-order valence-electron chi connectivity index (χ0n) is 15.1. The molecule has 1 saturated heterocycles. The second kappa shape index (κ2) is 7.49. The first-order valence-electron chi connectivity index (χ1n) is 8.88. The van der Waals surface area contributed by atoms with E-state index in [9.17, 15) is 4.79 Å². The van der Waals surface area contributed by atoms with E-state index in [4.69, 9.17) is 4.74 Å². The molecule has 1 aliphatic rings. The Morgan fingerprint density at radius 3 is 2.74 bits per heavy atom. The molecule has 1 aromatic carbocycles. The lowest BCUT2D eigenvalue weighted by Crippen LogP contribution is -2.37. The highest BCUT2D eigenvalue weighted by molar-refractivity contribution is 5.94. The molecule has 1 aliphatic heterocycles. The average molecular weight is 363 g/mol. The normalized spacial score (nSPS) is 16.3. The zero-order valence-corrected chi connectivity index (χ0v) is 15.1. The quantitative estimate of drug-likeness (QED) is 0.728. The van der Waals surface area contributed by atoms with Crippen LogP contribution < -0.4 is 15.0 Å². The van der Waals surface area contributed by atoms with Crippen LogP contribution in [0.5, 0.6) is 5.75 Å². The Labute approximate surface area is 157 Å². The molecule has 0 spiro atoms. The van der Waals surface area contributed by atoms with Crippen LogP contribution in [0.3, 0.4) is 0 Å². The van der Waals surface area contributed by atoms with Crippen LogP contribution in [-0.4, -0.2) is 47.3 Å². The standard InChI is InChI=1S/C20H21N5O2/c1-27-17-4-2-14(3-5-17)18-12-19(24-23-18)25-11-8-16(13-25)22-20(26)15-6-9-21-10-7-15/h2-7,9-10,12,16H,8,11,13H2,1H3,(H,22,26)(H,23,24). The number of carbonyl (C=O) groups excluding carboxylic acids is 1. The number of aromatic amines is 1. The Hall–Kier alpha value is -3.35. The third-order valence-corrected chi connectivity index (χ3v) is 4.76. The van der Waals surface area contributed by atoms with Crippen LogP contribution in [0.1, 0.15) is 16.8 Å². The van der Waals surface area contributed by atoms with Gasteiger partial charge in [0.2, 0.25) is 0 Å². The average Bonchev–Trinajstić information content (AvgIpc) is 3.38. The van der Waals surface area contributed by atoms with Gasteiger partial charge in [0.15, 0.2) is 5.82 Å². The van der Waals surface area contributed by atoms with E-state index in [0.29, 0.717) is 5.56 Å². The van der Waals surface area contributed by atoms with Crippen molar-refractivity contribution in [2.75, 3.05) is 25.1 Å². The number of anilines is 1. The summed E-state index contributed by atoms with van der Waals surface area (Å²) in [6.45, 7) is 1.60. The zero-order chi connectivity index (χ0) is 18.6. The predicted octanol–water partition coefficient (Wildman–Crippen LogP) is 2.49. The number of carbonyl (C=O) groups is 1. The summed E-state index contributed by atoms with van der Waals surface area (Å²) in [4.78, 5) is 18.4. The van der Waals surface area contributed by atoms with Gasteiger partial charge in [-0.1, -0.05) is 0 Å². The molecule has 0 bridgehead atoms. The topological polar surface area (TPSA) is 83.1 Å². The summed E-state index contributed by atoms with van der Waals surface area (Å²) in [7, 11) is 1.65. The van der Waals surface area contributed by atoms with E-state index in [-0.39, 0.29) is 11.9 Å². The molecule has 1 amide bonds. The van der Waals surface area contributed by atoms with E-state index in [0.717, 1.165) is 42.3 Å². The van der Waals surface area contributed by atoms with E-state index >= 15 is 0 Å². The smallest absolute Gasteiger partial charge is 0.251 e. The lowest BCUT2D eigenvalue weighted by atomic mass is 10.1. The number of nitrogens with zero attached hydrogens (tertiary/aromatic N) is 3. The number of H-pyrrole nitrogens is 1. The number of rotatable bonds is 5. The van der Waals surface area contributed by atoms with Gasteiger partial charge in [-0.2, -0.15) is 5.10 Å². The van der Waals surface area contributed by atoms with E-state index < -0.39 is 0 Å². The summed E-state index contributed by atoms with van der Waals surface area (Å²) in [6.07, 6.45) is 4.14. The Morgan fingerprint density at radius 2 is 2.00 bits per heavy atom. The molecule has 138 valence electrons. The molecule has 7 nitrogen and oxygen atoms in total. The first kappa shape index (κ1) is 17.1. The SMILES string of the molecule is COc1ccc(-c2cc(N3CCC(NC(=O)c4ccncc4)C3)n[nH]2)cc1. The number of amides is 1. The van der Waals surface area contributed by atoms with E-state index in [1.54, 1.807) is 31.6 Å². The minimum absolute atomic E-state index is 0.0646. The van der Waals surface area contributed by atoms with Crippen LogP contribution in [0.25, 0.3) is 11.3 Å². The summed E-state index contributed by atoms with van der Waals surface area (Å²) in [5.41, 5.74) is 2.64. The van der Waals surface area contributed by atoms with Crippen molar-refractivity contribution >= 4 is 11.7 Å². The molecule has 4 rings (SSSR count). The van der Waals surface area contributed by atoms with Gasteiger partial charge < -0.3 is 15.0 Å². The van der Waals surface area contributed by atoms with Crippen molar-refractivity contribution in [3.8, 4) is 17.0 Å². The minimum Gasteiger partial charge on any atom is -0.497 e. The van der Waals surface area contributed by atoms with Gasteiger partial charge in [-0.3, -0.25) is 14.9 Å². The van der Waals surface area contributed by atoms with Crippen LogP contribution in [0.4, 0.5) is 5.82 Å². The Bertz CT molecular complexity index is 908. The summed E-state index contributed by atoms with van der Waals surface area (Å²) >= 11 is 0. The van der Waals surface area contributed by atoms with Crippen molar-refractivity contribution in [1.29, 1.82) is 0 Å². The number of aromatic nitrogens is 3. The fourth-order valence-corrected chi connectivity index (χ4v) is 3.25. The number of hydrogen-bond donors (Lipinski definition) is 2. The number of methoxy groups -OCH3 is 1. The van der Waals surface area contributed by atoms with Crippen molar-refractivity contribution in [1.82, 2.24) is 20.5 Å². The van der Waals surface area contributed by atoms with Crippen molar-refractivity contribution in [3.63, 3.8) is 0 Å². The van der Waals surface area contributed by atoms with Gasteiger partial charge in [0.25, 0.3) is 5.91 Å². The van der Waals surface area contributed by atoms with Gasteiger partial charge in [0.1, 0.15) is 5.75 Å². The largest absolute Gasteiger partial charge is 0.497 e. The van der Waals surface area contributed by atoms with Crippen LogP contribution in [-0.2, 0) is 0 Å². The molecule has 0 radical (unpaired) electrons. The Balaban J connectivity index is 1.39. The molecule has 1 atom stereocenters. The first-order chi connectivity index (χ1) is 13.2. The lowest BCUT2D eigenvalue weighted by Gasteiger charge is -2.16. The van der Waals surface area contributed by atoms with Gasteiger partial charge in [-0.15, -0.1) is 0 Å². The van der Waals surface area contributed by atoms with Gasteiger partial charge >= 0.3 is 0 Å². The van der Waals surface area contributed by atoms with Crippen LogP contribution in [0.2, 0.25) is 0 Å². The molecular formula is C20H21N5O2. The van der Waals surface area contributed by atoms with Gasteiger partial charge in [0, 0.05) is 43.2 Å². The number of hydrogen-bond acceptors (Lipinski definition) is 5. The van der Waals surface area contributed by atoms with Crippen molar-refractivity contribution in [2.45, 2.75) is 12.5 Å². The highest BCUT2D eigenvalue weighted by atomic mass is 16.5. The maximum absolute atomic E-state index is 12.3. The fourth-order valence-electron chi connectivity index (χ4n) is 3.25. The monoisotopic (exact) mass is 363 g/mol. The number of benzene rings is 1. The molecule has 0 saturated carbocycles.